The van der Waals surface area contributed by atoms with Gasteiger partial charge >= 0.3 is 5.97 Å². The first-order valence-corrected chi connectivity index (χ1v) is 12.8. The minimum atomic E-state index is -1.89. The number of ether oxygens (including phenoxy) is 5. The monoisotopic (exact) mass is 498 g/mol. The van der Waals surface area contributed by atoms with Crippen molar-refractivity contribution in [3.05, 3.63) is 47.7 Å². The zero-order chi connectivity index (χ0) is 25.1. The SMILES string of the molecule is C=C(C)CO[C@@H]1[C@H]2OC3(CCCCC3)O[C@H]2O[C@]1(O)[C@@H]1N[C@@H](C(=O)OC)Cc2c1[nH]c1ccccc21. The summed E-state index contributed by atoms with van der Waals surface area (Å²) in [6.45, 7) is 6.04. The fourth-order valence-electron chi connectivity index (χ4n) is 6.25. The van der Waals surface area contributed by atoms with E-state index in [2.05, 4.69) is 16.9 Å². The molecule has 36 heavy (non-hydrogen) atoms. The minimum Gasteiger partial charge on any atom is -0.468 e. The average Bonchev–Trinajstić information content (AvgIpc) is 3.48. The van der Waals surface area contributed by atoms with Gasteiger partial charge in [0, 0.05) is 35.9 Å². The van der Waals surface area contributed by atoms with Crippen molar-refractivity contribution in [2.75, 3.05) is 13.7 Å². The van der Waals surface area contributed by atoms with E-state index in [0.717, 1.165) is 59.8 Å². The molecule has 9 heteroatoms. The van der Waals surface area contributed by atoms with Gasteiger partial charge in [-0.1, -0.05) is 36.8 Å². The van der Waals surface area contributed by atoms with Crippen molar-refractivity contribution in [3.63, 3.8) is 0 Å². The normalized spacial score (nSPS) is 35.0. The second kappa shape index (κ2) is 8.93. The molecule has 1 spiro atoms. The summed E-state index contributed by atoms with van der Waals surface area (Å²) in [6, 6.07) is 6.38. The van der Waals surface area contributed by atoms with Gasteiger partial charge in [-0.15, -0.1) is 0 Å². The van der Waals surface area contributed by atoms with Gasteiger partial charge in [0.05, 0.1) is 13.7 Å². The summed E-state index contributed by atoms with van der Waals surface area (Å²) in [5.41, 5.74) is 3.40. The van der Waals surface area contributed by atoms with E-state index in [1.54, 1.807) is 0 Å². The quantitative estimate of drug-likeness (QED) is 0.426. The van der Waals surface area contributed by atoms with E-state index in [-0.39, 0.29) is 6.61 Å². The van der Waals surface area contributed by atoms with Crippen molar-refractivity contribution in [3.8, 4) is 0 Å². The number of carbonyl (C=O) groups excluding carboxylic acids is 1. The third-order valence-electron chi connectivity index (χ3n) is 7.90. The molecule has 0 unspecified atom stereocenters. The molecule has 3 N–H and O–H groups in total. The molecule has 0 bridgehead atoms. The lowest BCUT2D eigenvalue weighted by Gasteiger charge is -2.42. The van der Waals surface area contributed by atoms with E-state index in [1.165, 1.54) is 7.11 Å². The van der Waals surface area contributed by atoms with Crippen LogP contribution in [0.3, 0.4) is 0 Å². The third kappa shape index (κ3) is 3.81. The summed E-state index contributed by atoms with van der Waals surface area (Å²) >= 11 is 0. The highest BCUT2D eigenvalue weighted by molar-refractivity contribution is 5.87. The number of carbonyl (C=O) groups is 1. The van der Waals surface area contributed by atoms with Crippen LogP contribution in [0.1, 0.15) is 56.3 Å². The number of aromatic nitrogens is 1. The highest BCUT2D eigenvalue weighted by Gasteiger charge is 2.67. The Morgan fingerprint density at radius 3 is 2.72 bits per heavy atom. The van der Waals surface area contributed by atoms with Gasteiger partial charge in [-0.3, -0.25) is 10.1 Å². The van der Waals surface area contributed by atoms with E-state index in [4.69, 9.17) is 23.7 Å². The van der Waals surface area contributed by atoms with Gasteiger partial charge < -0.3 is 33.8 Å². The van der Waals surface area contributed by atoms with Crippen molar-refractivity contribution in [1.29, 1.82) is 0 Å². The van der Waals surface area contributed by atoms with E-state index in [9.17, 15) is 9.90 Å². The van der Waals surface area contributed by atoms with Crippen molar-refractivity contribution < 1.29 is 33.6 Å². The van der Waals surface area contributed by atoms with Crippen molar-refractivity contribution in [1.82, 2.24) is 10.3 Å². The average molecular weight is 499 g/mol. The Kier molecular flexibility index (Phi) is 5.98. The molecule has 9 nitrogen and oxygen atoms in total. The molecular formula is C27H34N2O7. The predicted molar refractivity (Wildman–Crippen MR) is 130 cm³/mol. The Labute approximate surface area is 210 Å². The predicted octanol–water partition coefficient (Wildman–Crippen LogP) is 2.98. The third-order valence-corrected chi connectivity index (χ3v) is 7.90. The number of hydrogen-bond donors (Lipinski definition) is 3. The molecule has 1 saturated carbocycles. The van der Waals surface area contributed by atoms with Crippen LogP contribution in [0.15, 0.2) is 36.4 Å². The zero-order valence-electron chi connectivity index (χ0n) is 20.7. The van der Waals surface area contributed by atoms with E-state index in [0.29, 0.717) is 6.42 Å². The highest BCUT2D eigenvalue weighted by Crippen LogP contribution is 2.52. The van der Waals surface area contributed by atoms with Crippen LogP contribution < -0.4 is 5.32 Å². The number of esters is 1. The van der Waals surface area contributed by atoms with Gasteiger partial charge in [0.2, 0.25) is 5.79 Å². The number of rotatable bonds is 5. The molecule has 1 aromatic heterocycles. The van der Waals surface area contributed by atoms with Crippen molar-refractivity contribution >= 4 is 16.9 Å². The number of benzene rings is 1. The lowest BCUT2D eigenvalue weighted by molar-refractivity contribution is -0.326. The van der Waals surface area contributed by atoms with Crippen LogP contribution in [0.4, 0.5) is 0 Å². The first-order chi connectivity index (χ1) is 17.3. The molecule has 1 aliphatic carbocycles. The molecule has 0 amide bonds. The standard InChI is InChI=1S/C27H34N2O7/c1-15(2)14-33-23-21-25(35-26(34-21)11-7-4-8-12-26)36-27(23,31)22-20-17(13-19(29-22)24(30)32-3)16-9-5-6-10-18(16)28-20/h5-6,9-10,19,21-23,25,28-29,31H,1,4,7-8,11-14H2,2-3H3/t19-,21-,22-,23-,25+,27-/m1/s1. The molecule has 1 aromatic carbocycles. The molecule has 6 rings (SSSR count). The van der Waals surface area contributed by atoms with Crippen LogP contribution in [0.25, 0.3) is 10.9 Å². The summed E-state index contributed by atoms with van der Waals surface area (Å²) in [7, 11) is 1.36. The lowest BCUT2D eigenvalue weighted by Crippen LogP contribution is -2.59. The summed E-state index contributed by atoms with van der Waals surface area (Å²) < 4.78 is 30.5. The fraction of sp³-hybridized carbons (Fsp3) is 0.593. The fourth-order valence-corrected chi connectivity index (χ4v) is 6.25. The summed E-state index contributed by atoms with van der Waals surface area (Å²) in [5, 5.41) is 16.5. The summed E-state index contributed by atoms with van der Waals surface area (Å²) in [4.78, 5) is 16.1. The molecule has 3 aliphatic heterocycles. The minimum absolute atomic E-state index is 0.225. The van der Waals surface area contributed by atoms with Gasteiger partial charge in [-0.05, 0) is 31.4 Å². The van der Waals surface area contributed by atoms with Crippen LogP contribution in [-0.2, 0) is 34.9 Å². The number of aromatic amines is 1. The van der Waals surface area contributed by atoms with Crippen molar-refractivity contribution in [2.24, 2.45) is 0 Å². The van der Waals surface area contributed by atoms with Crippen LogP contribution in [0, 0.1) is 0 Å². The van der Waals surface area contributed by atoms with Crippen LogP contribution in [0.5, 0.6) is 0 Å². The second-order valence-electron chi connectivity index (χ2n) is 10.5. The smallest absolute Gasteiger partial charge is 0.323 e. The molecular weight excluding hydrogens is 464 g/mol. The number of methoxy groups -OCH3 is 1. The molecule has 4 heterocycles. The van der Waals surface area contributed by atoms with E-state index in [1.807, 2.05) is 31.2 Å². The Morgan fingerprint density at radius 2 is 1.97 bits per heavy atom. The van der Waals surface area contributed by atoms with E-state index < -0.39 is 48.1 Å². The van der Waals surface area contributed by atoms with Crippen LogP contribution in [-0.4, -0.2) is 65.9 Å². The number of aliphatic hydroxyl groups is 1. The van der Waals surface area contributed by atoms with Gasteiger partial charge in [-0.25, -0.2) is 0 Å². The van der Waals surface area contributed by atoms with Gasteiger partial charge in [0.25, 0.3) is 0 Å². The number of para-hydroxylation sites is 1. The number of fused-ring (bicyclic) bond motifs is 4. The van der Waals surface area contributed by atoms with Gasteiger partial charge in [-0.2, -0.15) is 0 Å². The Balaban J connectivity index is 1.40. The first kappa shape index (κ1) is 24.1. The summed E-state index contributed by atoms with van der Waals surface area (Å²) in [5.74, 6) is -3.00. The first-order valence-electron chi connectivity index (χ1n) is 12.8. The Bertz CT molecular complexity index is 1170. The summed E-state index contributed by atoms with van der Waals surface area (Å²) in [6.07, 6.45) is 2.87. The maximum Gasteiger partial charge on any atom is 0.323 e. The van der Waals surface area contributed by atoms with E-state index >= 15 is 0 Å². The second-order valence-corrected chi connectivity index (χ2v) is 10.5. The van der Waals surface area contributed by atoms with Crippen molar-refractivity contribution in [2.45, 2.75) is 87.6 Å². The van der Waals surface area contributed by atoms with Crippen LogP contribution in [0.2, 0.25) is 0 Å². The molecule has 2 saturated heterocycles. The number of hydrogen-bond acceptors (Lipinski definition) is 8. The zero-order valence-corrected chi connectivity index (χ0v) is 20.7. The molecule has 2 aromatic rings. The maximum absolute atomic E-state index is 12.7. The van der Waals surface area contributed by atoms with Crippen LogP contribution >= 0.6 is 0 Å². The largest absolute Gasteiger partial charge is 0.468 e. The molecule has 3 fully saturated rings. The topological polar surface area (TPSA) is 111 Å². The maximum atomic E-state index is 12.7. The molecule has 0 radical (unpaired) electrons. The molecule has 4 aliphatic rings. The van der Waals surface area contributed by atoms with Gasteiger partial charge in [0.1, 0.15) is 24.3 Å². The molecule has 6 atom stereocenters. The Morgan fingerprint density at radius 1 is 1.19 bits per heavy atom. The lowest BCUT2D eigenvalue weighted by atomic mass is 9.87. The number of H-pyrrole nitrogens is 1. The molecule has 194 valence electrons. The highest BCUT2D eigenvalue weighted by atomic mass is 16.9. The van der Waals surface area contributed by atoms with Gasteiger partial charge in [0.15, 0.2) is 12.1 Å². The number of nitrogens with one attached hydrogen (secondary N) is 2. The Hall–Kier alpha value is -2.27.